The highest BCUT2D eigenvalue weighted by atomic mass is 79.9. The number of hydrogen-bond acceptors (Lipinski definition) is 2. The van der Waals surface area contributed by atoms with Crippen LogP contribution in [0.3, 0.4) is 0 Å². The Kier molecular flexibility index (Phi) is 6.70. The second kappa shape index (κ2) is 7.78. The molecule has 0 saturated carbocycles. The summed E-state index contributed by atoms with van der Waals surface area (Å²) in [6.07, 6.45) is 2.05. The lowest BCUT2D eigenvalue weighted by atomic mass is 9.93. The zero-order valence-corrected chi connectivity index (χ0v) is 14.0. The molecule has 0 aromatic heterocycles. The molecular weight excluding hydrogens is 304 g/mol. The fraction of sp³-hybridized carbons (Fsp3) is 0.625. The SMILES string of the molecule is CCCOc1ccc(CBr)c(OCCC(C)(C)C)c1. The number of alkyl halides is 1. The van der Waals surface area contributed by atoms with Crippen LogP contribution in [0.5, 0.6) is 11.5 Å². The predicted octanol–water partition coefficient (Wildman–Crippen LogP) is 5.19. The van der Waals surface area contributed by atoms with Gasteiger partial charge in [-0.25, -0.2) is 0 Å². The van der Waals surface area contributed by atoms with E-state index in [1.54, 1.807) is 0 Å². The lowest BCUT2D eigenvalue weighted by Gasteiger charge is -2.19. The molecule has 0 aliphatic heterocycles. The molecule has 0 aliphatic carbocycles. The van der Waals surface area contributed by atoms with Gasteiger partial charge in [-0.2, -0.15) is 0 Å². The molecule has 0 unspecified atom stereocenters. The summed E-state index contributed by atoms with van der Waals surface area (Å²) >= 11 is 3.50. The maximum absolute atomic E-state index is 5.91. The van der Waals surface area contributed by atoms with Gasteiger partial charge >= 0.3 is 0 Å². The zero-order valence-electron chi connectivity index (χ0n) is 12.5. The van der Waals surface area contributed by atoms with Gasteiger partial charge < -0.3 is 9.47 Å². The quantitative estimate of drug-likeness (QED) is 0.641. The van der Waals surface area contributed by atoms with Crippen molar-refractivity contribution in [1.29, 1.82) is 0 Å². The number of halogens is 1. The van der Waals surface area contributed by atoms with E-state index in [1.165, 1.54) is 0 Å². The Morgan fingerprint density at radius 3 is 2.42 bits per heavy atom. The van der Waals surface area contributed by atoms with Crippen molar-refractivity contribution in [2.24, 2.45) is 5.41 Å². The molecule has 0 bridgehead atoms. The summed E-state index contributed by atoms with van der Waals surface area (Å²) in [5.74, 6) is 1.81. The molecule has 2 nitrogen and oxygen atoms in total. The van der Waals surface area contributed by atoms with E-state index >= 15 is 0 Å². The fourth-order valence-corrected chi connectivity index (χ4v) is 2.02. The number of hydrogen-bond donors (Lipinski definition) is 0. The standard InChI is InChI=1S/C16H25BrO2/c1-5-9-18-14-7-6-13(12-17)15(11-14)19-10-8-16(2,3)4/h6-7,11H,5,8-10,12H2,1-4H3. The molecule has 0 heterocycles. The largest absolute Gasteiger partial charge is 0.493 e. The van der Waals surface area contributed by atoms with Gasteiger partial charge in [0, 0.05) is 17.0 Å². The lowest BCUT2D eigenvalue weighted by Crippen LogP contribution is -2.11. The van der Waals surface area contributed by atoms with Crippen LogP contribution in [0.2, 0.25) is 0 Å². The molecule has 1 aromatic rings. The first-order valence-electron chi connectivity index (χ1n) is 6.91. The van der Waals surface area contributed by atoms with Crippen LogP contribution in [0.25, 0.3) is 0 Å². The molecule has 0 N–H and O–H groups in total. The lowest BCUT2D eigenvalue weighted by molar-refractivity contribution is 0.240. The fourth-order valence-electron chi connectivity index (χ4n) is 1.56. The molecule has 0 atom stereocenters. The van der Waals surface area contributed by atoms with Crippen LogP contribution in [0, 0.1) is 5.41 Å². The van der Waals surface area contributed by atoms with Crippen LogP contribution < -0.4 is 9.47 Å². The Morgan fingerprint density at radius 2 is 1.84 bits per heavy atom. The normalized spacial score (nSPS) is 11.4. The molecule has 0 amide bonds. The molecule has 108 valence electrons. The Bertz CT molecular complexity index is 383. The van der Waals surface area contributed by atoms with Crippen LogP contribution in [0.15, 0.2) is 18.2 Å². The first kappa shape index (κ1) is 16.4. The number of benzene rings is 1. The Hall–Kier alpha value is -0.700. The second-order valence-electron chi connectivity index (χ2n) is 5.91. The van der Waals surface area contributed by atoms with Crippen molar-refractivity contribution in [2.75, 3.05) is 13.2 Å². The van der Waals surface area contributed by atoms with E-state index in [0.29, 0.717) is 5.41 Å². The van der Waals surface area contributed by atoms with Crippen molar-refractivity contribution >= 4 is 15.9 Å². The summed E-state index contributed by atoms with van der Waals surface area (Å²) < 4.78 is 11.6. The molecule has 0 fully saturated rings. The molecule has 0 aliphatic rings. The minimum atomic E-state index is 0.297. The van der Waals surface area contributed by atoms with Crippen LogP contribution in [0.4, 0.5) is 0 Å². The Morgan fingerprint density at radius 1 is 1.11 bits per heavy atom. The third-order valence-corrected chi connectivity index (χ3v) is 3.37. The first-order chi connectivity index (χ1) is 8.96. The van der Waals surface area contributed by atoms with Gasteiger partial charge in [0.15, 0.2) is 0 Å². The highest BCUT2D eigenvalue weighted by Gasteiger charge is 2.11. The maximum atomic E-state index is 5.91. The summed E-state index contributed by atoms with van der Waals surface area (Å²) in [6.45, 7) is 10.3. The summed E-state index contributed by atoms with van der Waals surface area (Å²) in [5, 5.41) is 0.798. The van der Waals surface area contributed by atoms with E-state index in [2.05, 4.69) is 49.7 Å². The van der Waals surface area contributed by atoms with Gasteiger partial charge in [-0.15, -0.1) is 0 Å². The number of ether oxygens (including phenoxy) is 2. The van der Waals surface area contributed by atoms with E-state index in [0.717, 1.165) is 48.4 Å². The van der Waals surface area contributed by atoms with E-state index in [-0.39, 0.29) is 0 Å². The minimum Gasteiger partial charge on any atom is -0.493 e. The summed E-state index contributed by atoms with van der Waals surface area (Å²) in [7, 11) is 0. The van der Waals surface area contributed by atoms with Crippen LogP contribution in [-0.2, 0) is 5.33 Å². The monoisotopic (exact) mass is 328 g/mol. The van der Waals surface area contributed by atoms with Gasteiger partial charge in [0.1, 0.15) is 11.5 Å². The molecule has 19 heavy (non-hydrogen) atoms. The van der Waals surface area contributed by atoms with Gasteiger partial charge in [-0.05, 0) is 24.3 Å². The molecule has 0 spiro atoms. The van der Waals surface area contributed by atoms with Crippen molar-refractivity contribution < 1.29 is 9.47 Å². The molecule has 1 rings (SSSR count). The average Bonchev–Trinajstić information content (AvgIpc) is 2.35. The second-order valence-corrected chi connectivity index (χ2v) is 6.47. The number of rotatable bonds is 7. The van der Waals surface area contributed by atoms with Crippen LogP contribution in [0.1, 0.15) is 46.1 Å². The van der Waals surface area contributed by atoms with E-state index in [9.17, 15) is 0 Å². The Labute approximate surface area is 125 Å². The first-order valence-corrected chi connectivity index (χ1v) is 8.03. The van der Waals surface area contributed by atoms with Gasteiger partial charge in [-0.1, -0.05) is 49.7 Å². The summed E-state index contributed by atoms with van der Waals surface area (Å²) in [4.78, 5) is 0. The van der Waals surface area contributed by atoms with Crippen LogP contribution >= 0.6 is 15.9 Å². The summed E-state index contributed by atoms with van der Waals surface area (Å²) in [5.41, 5.74) is 1.46. The minimum absolute atomic E-state index is 0.297. The van der Waals surface area contributed by atoms with Crippen molar-refractivity contribution in [3.8, 4) is 11.5 Å². The van der Waals surface area contributed by atoms with Gasteiger partial charge in [0.2, 0.25) is 0 Å². The third-order valence-electron chi connectivity index (χ3n) is 2.77. The van der Waals surface area contributed by atoms with E-state index in [4.69, 9.17) is 9.47 Å². The van der Waals surface area contributed by atoms with Crippen LogP contribution in [-0.4, -0.2) is 13.2 Å². The smallest absolute Gasteiger partial charge is 0.127 e. The van der Waals surface area contributed by atoms with Crippen molar-refractivity contribution in [3.63, 3.8) is 0 Å². The third kappa shape index (κ3) is 6.33. The van der Waals surface area contributed by atoms with E-state index < -0.39 is 0 Å². The average molecular weight is 329 g/mol. The van der Waals surface area contributed by atoms with Crippen molar-refractivity contribution in [1.82, 2.24) is 0 Å². The highest BCUT2D eigenvalue weighted by molar-refractivity contribution is 9.08. The maximum Gasteiger partial charge on any atom is 0.127 e. The van der Waals surface area contributed by atoms with Crippen molar-refractivity contribution in [3.05, 3.63) is 23.8 Å². The summed E-state index contributed by atoms with van der Waals surface area (Å²) in [6, 6.07) is 6.06. The molecular formula is C16H25BrO2. The molecule has 3 heteroatoms. The molecule has 1 aromatic carbocycles. The highest BCUT2D eigenvalue weighted by Crippen LogP contribution is 2.28. The predicted molar refractivity (Wildman–Crippen MR) is 84.4 cm³/mol. The topological polar surface area (TPSA) is 18.5 Å². The van der Waals surface area contributed by atoms with Gasteiger partial charge in [0.05, 0.1) is 13.2 Å². The van der Waals surface area contributed by atoms with E-state index in [1.807, 2.05) is 12.1 Å². The Balaban J connectivity index is 2.67. The van der Waals surface area contributed by atoms with Gasteiger partial charge in [-0.3, -0.25) is 0 Å². The molecule has 0 radical (unpaired) electrons. The van der Waals surface area contributed by atoms with Crippen molar-refractivity contribution in [2.45, 2.75) is 45.9 Å². The zero-order chi connectivity index (χ0) is 14.3. The molecule has 0 saturated heterocycles. The van der Waals surface area contributed by atoms with Gasteiger partial charge in [0.25, 0.3) is 0 Å².